The van der Waals surface area contributed by atoms with Crippen molar-refractivity contribution in [2.45, 2.75) is 12.5 Å². The summed E-state index contributed by atoms with van der Waals surface area (Å²) in [5.74, 6) is 2.13. The molecule has 0 saturated carbocycles. The van der Waals surface area contributed by atoms with Crippen LogP contribution >= 0.6 is 0 Å². The highest BCUT2D eigenvalue weighted by Gasteiger charge is 2.36. The maximum atomic E-state index is 14.0. The summed E-state index contributed by atoms with van der Waals surface area (Å²) < 4.78 is 27.5. The van der Waals surface area contributed by atoms with Crippen LogP contribution in [0.1, 0.15) is 33.9 Å². The maximum Gasteiger partial charge on any atom is 0.274 e. The molecule has 1 heterocycles. The van der Waals surface area contributed by atoms with E-state index in [0.717, 1.165) is 22.5 Å². The topological polar surface area (TPSA) is 82.1 Å². The van der Waals surface area contributed by atoms with Crippen LogP contribution in [0.25, 0.3) is 0 Å². The first-order valence-electron chi connectivity index (χ1n) is 12.1. The summed E-state index contributed by atoms with van der Waals surface area (Å²) in [6.07, 6.45) is 0.500. The Morgan fingerprint density at radius 2 is 1.45 bits per heavy atom. The highest BCUT2D eigenvalue weighted by Crippen LogP contribution is 2.42. The Labute approximate surface area is 223 Å². The molecule has 0 radical (unpaired) electrons. The predicted octanol–water partition coefficient (Wildman–Crippen LogP) is 4.79. The molecule has 1 amide bonds. The Bertz CT molecular complexity index is 1310. The first-order chi connectivity index (χ1) is 18.3. The summed E-state index contributed by atoms with van der Waals surface area (Å²) in [5.41, 5.74) is 3.97. The van der Waals surface area contributed by atoms with E-state index in [-0.39, 0.29) is 5.91 Å². The standard InChI is InChI=1S/C29H33N3O6/c1-31(2)20-10-8-18(9-11-20)23-17-24(22-13-12-21(34-3)16-25(22)35-4)32(30-23)29(33)19-14-26(36-5)28(38-7)27(15-19)37-6/h8-16,24H,17H2,1-7H3/t24-/m0/s1. The van der Waals surface area contributed by atoms with Crippen LogP contribution in [0.4, 0.5) is 5.69 Å². The summed E-state index contributed by atoms with van der Waals surface area (Å²) >= 11 is 0. The molecule has 9 heteroatoms. The number of carbonyl (C=O) groups excluding carboxylic acids is 1. The highest BCUT2D eigenvalue weighted by atomic mass is 16.5. The Kier molecular flexibility index (Phi) is 7.95. The number of ether oxygens (including phenoxy) is 5. The number of rotatable bonds is 9. The van der Waals surface area contributed by atoms with Crippen LogP contribution < -0.4 is 28.6 Å². The SMILES string of the molecule is COc1ccc([C@@H]2CC(c3ccc(N(C)C)cc3)=NN2C(=O)c2cc(OC)c(OC)c(OC)c2)c(OC)c1. The minimum atomic E-state index is -0.411. The second kappa shape index (κ2) is 11.3. The molecule has 1 aliphatic rings. The summed E-state index contributed by atoms with van der Waals surface area (Å²) in [4.78, 5) is 16.0. The van der Waals surface area contributed by atoms with Crippen molar-refractivity contribution in [2.75, 3.05) is 54.5 Å². The van der Waals surface area contributed by atoms with Gasteiger partial charge in [0.25, 0.3) is 5.91 Å². The van der Waals surface area contributed by atoms with Crippen molar-refractivity contribution in [3.05, 3.63) is 71.3 Å². The molecule has 0 aromatic heterocycles. The fourth-order valence-corrected chi connectivity index (χ4v) is 4.50. The number of anilines is 1. The number of amides is 1. The van der Waals surface area contributed by atoms with Crippen molar-refractivity contribution in [3.63, 3.8) is 0 Å². The molecule has 200 valence electrons. The van der Waals surface area contributed by atoms with Crippen LogP contribution in [-0.4, -0.2) is 66.3 Å². The molecule has 0 unspecified atom stereocenters. The molecule has 3 aromatic carbocycles. The number of hydrogen-bond donors (Lipinski definition) is 0. The number of hydrazone groups is 1. The van der Waals surface area contributed by atoms with E-state index in [1.54, 1.807) is 32.4 Å². The third-order valence-electron chi connectivity index (χ3n) is 6.55. The van der Waals surface area contributed by atoms with Gasteiger partial charge in [0.2, 0.25) is 5.75 Å². The summed E-state index contributed by atoms with van der Waals surface area (Å²) in [6, 6.07) is 16.5. The van der Waals surface area contributed by atoms with Crippen molar-refractivity contribution in [1.82, 2.24) is 5.01 Å². The highest BCUT2D eigenvalue weighted by molar-refractivity contribution is 6.05. The molecule has 0 saturated heterocycles. The van der Waals surface area contributed by atoms with Gasteiger partial charge in [0.15, 0.2) is 11.5 Å². The van der Waals surface area contributed by atoms with Gasteiger partial charge in [-0.3, -0.25) is 4.79 Å². The van der Waals surface area contributed by atoms with Crippen LogP contribution in [-0.2, 0) is 0 Å². The second-order valence-electron chi connectivity index (χ2n) is 8.88. The average Bonchev–Trinajstić information content (AvgIpc) is 3.40. The smallest absolute Gasteiger partial charge is 0.274 e. The van der Waals surface area contributed by atoms with E-state index in [4.69, 9.17) is 28.8 Å². The van der Waals surface area contributed by atoms with E-state index in [1.165, 1.54) is 26.3 Å². The summed E-state index contributed by atoms with van der Waals surface area (Å²) in [5, 5.41) is 6.33. The third-order valence-corrected chi connectivity index (χ3v) is 6.55. The van der Waals surface area contributed by atoms with Crippen LogP contribution in [0, 0.1) is 0 Å². The van der Waals surface area contributed by atoms with Crippen molar-refractivity contribution in [3.8, 4) is 28.7 Å². The fourth-order valence-electron chi connectivity index (χ4n) is 4.50. The molecule has 0 spiro atoms. The third kappa shape index (κ3) is 5.04. The predicted molar refractivity (Wildman–Crippen MR) is 146 cm³/mol. The van der Waals surface area contributed by atoms with E-state index in [1.807, 2.05) is 55.4 Å². The van der Waals surface area contributed by atoms with E-state index in [9.17, 15) is 4.79 Å². The fraction of sp³-hybridized carbons (Fsp3) is 0.310. The lowest BCUT2D eigenvalue weighted by Gasteiger charge is -2.24. The molecule has 1 aliphatic heterocycles. The molecule has 1 atom stereocenters. The van der Waals surface area contributed by atoms with E-state index in [2.05, 4.69) is 0 Å². The molecule has 38 heavy (non-hydrogen) atoms. The number of hydrogen-bond acceptors (Lipinski definition) is 8. The Morgan fingerprint density at radius 3 is 1.97 bits per heavy atom. The van der Waals surface area contributed by atoms with Gasteiger partial charge in [0.1, 0.15) is 11.5 Å². The average molecular weight is 520 g/mol. The van der Waals surface area contributed by atoms with E-state index in [0.29, 0.717) is 40.7 Å². The monoisotopic (exact) mass is 519 g/mol. The van der Waals surface area contributed by atoms with Crippen molar-refractivity contribution < 1.29 is 28.5 Å². The van der Waals surface area contributed by atoms with E-state index < -0.39 is 6.04 Å². The van der Waals surface area contributed by atoms with Gasteiger partial charge in [-0.1, -0.05) is 12.1 Å². The van der Waals surface area contributed by atoms with Crippen LogP contribution in [0.2, 0.25) is 0 Å². The molecule has 0 bridgehead atoms. The molecular formula is C29H33N3O6. The molecule has 0 fully saturated rings. The molecule has 3 aromatic rings. The number of nitrogens with zero attached hydrogens (tertiary/aromatic N) is 3. The van der Waals surface area contributed by atoms with Crippen molar-refractivity contribution in [2.24, 2.45) is 5.10 Å². The Hall–Kier alpha value is -4.40. The van der Waals surface area contributed by atoms with Crippen LogP contribution in [0.3, 0.4) is 0 Å². The number of methoxy groups -OCH3 is 5. The zero-order valence-corrected chi connectivity index (χ0v) is 22.8. The van der Waals surface area contributed by atoms with Crippen LogP contribution in [0.5, 0.6) is 28.7 Å². The lowest BCUT2D eigenvalue weighted by atomic mass is 9.97. The molecule has 4 rings (SSSR count). The van der Waals surface area contributed by atoms with Gasteiger partial charge in [0, 0.05) is 43.4 Å². The van der Waals surface area contributed by atoms with Gasteiger partial charge in [-0.15, -0.1) is 0 Å². The van der Waals surface area contributed by atoms with Gasteiger partial charge in [-0.05, 0) is 42.0 Å². The van der Waals surface area contributed by atoms with Crippen molar-refractivity contribution in [1.29, 1.82) is 0 Å². The van der Waals surface area contributed by atoms with Gasteiger partial charge in [-0.2, -0.15) is 5.10 Å². The van der Waals surface area contributed by atoms with Gasteiger partial charge in [-0.25, -0.2) is 5.01 Å². The normalized spacial score (nSPS) is 14.6. The minimum absolute atomic E-state index is 0.313. The quantitative estimate of drug-likeness (QED) is 0.402. The Morgan fingerprint density at radius 1 is 0.816 bits per heavy atom. The van der Waals surface area contributed by atoms with Gasteiger partial charge >= 0.3 is 0 Å². The minimum Gasteiger partial charge on any atom is -0.497 e. The van der Waals surface area contributed by atoms with Crippen molar-refractivity contribution >= 4 is 17.3 Å². The molecule has 0 aliphatic carbocycles. The molecular weight excluding hydrogens is 486 g/mol. The summed E-state index contributed by atoms with van der Waals surface area (Å²) in [7, 11) is 11.7. The molecule has 0 N–H and O–H groups in total. The molecule has 9 nitrogen and oxygen atoms in total. The zero-order chi connectivity index (χ0) is 27.4. The zero-order valence-electron chi connectivity index (χ0n) is 22.8. The number of carbonyl (C=O) groups is 1. The first-order valence-corrected chi connectivity index (χ1v) is 12.1. The van der Waals surface area contributed by atoms with Gasteiger partial charge < -0.3 is 28.6 Å². The largest absolute Gasteiger partial charge is 0.497 e. The second-order valence-corrected chi connectivity index (χ2v) is 8.88. The number of benzene rings is 3. The summed E-state index contributed by atoms with van der Waals surface area (Å²) in [6.45, 7) is 0. The van der Waals surface area contributed by atoms with Crippen LogP contribution in [0.15, 0.2) is 59.7 Å². The first kappa shape index (κ1) is 26.7. The Balaban J connectivity index is 1.81. The van der Waals surface area contributed by atoms with Gasteiger partial charge in [0.05, 0.1) is 47.3 Å². The lowest BCUT2D eigenvalue weighted by Crippen LogP contribution is -2.27. The van der Waals surface area contributed by atoms with E-state index >= 15 is 0 Å². The maximum absolute atomic E-state index is 14.0. The lowest BCUT2D eigenvalue weighted by molar-refractivity contribution is 0.0708.